The number of allylic oxidation sites excluding steroid dienone is 5. The zero-order valence-corrected chi connectivity index (χ0v) is 21.5. The van der Waals surface area contributed by atoms with Crippen molar-refractivity contribution in [2.24, 2.45) is 16.6 Å². The van der Waals surface area contributed by atoms with Crippen molar-refractivity contribution in [1.29, 1.82) is 0 Å². The Labute approximate surface area is 219 Å². The number of hydrogen-bond donors (Lipinski definition) is 1. The van der Waals surface area contributed by atoms with Gasteiger partial charge < -0.3 is 5.73 Å². The number of nitrogens with zero attached hydrogens (tertiary/aromatic N) is 2. The summed E-state index contributed by atoms with van der Waals surface area (Å²) < 4.78 is 0. The second-order valence-corrected chi connectivity index (χ2v) is 9.54. The first-order valence-corrected chi connectivity index (χ1v) is 13.0. The van der Waals surface area contributed by atoms with Crippen LogP contribution in [0.25, 0.3) is 0 Å². The number of benzene rings is 2. The third-order valence-electron chi connectivity index (χ3n) is 7.06. The van der Waals surface area contributed by atoms with Crippen LogP contribution in [0, 0.1) is 5.92 Å². The summed E-state index contributed by atoms with van der Waals surface area (Å²) in [5, 5.41) is 0. The predicted molar refractivity (Wildman–Crippen MR) is 150 cm³/mol. The van der Waals surface area contributed by atoms with Crippen LogP contribution < -0.4 is 5.73 Å². The predicted octanol–water partition coefficient (Wildman–Crippen LogP) is 6.25. The average Bonchev–Trinajstić information content (AvgIpc) is 3.14. The van der Waals surface area contributed by atoms with Gasteiger partial charge in [0, 0.05) is 11.5 Å². The molecule has 190 valence electrons. The molecule has 0 fully saturated rings. The Balaban J connectivity index is 1.64. The van der Waals surface area contributed by atoms with E-state index in [0.29, 0.717) is 11.1 Å². The largest absolute Gasteiger partial charge is 0.369 e. The number of Topliss-reactive ketones (excluding diaryl/α,β-unsaturated/α-hetero) is 1. The van der Waals surface area contributed by atoms with Gasteiger partial charge in [0.1, 0.15) is 0 Å². The van der Waals surface area contributed by atoms with Gasteiger partial charge in [-0.15, -0.1) is 0 Å². The monoisotopic (exact) mass is 493 g/mol. The second kappa shape index (κ2) is 11.8. The molecule has 0 aromatic heterocycles. The molecule has 5 nitrogen and oxygen atoms in total. The van der Waals surface area contributed by atoms with Crippen molar-refractivity contribution in [2.45, 2.75) is 51.1 Å². The van der Waals surface area contributed by atoms with Crippen LogP contribution in [0.3, 0.4) is 0 Å². The molecule has 1 aliphatic carbocycles. The minimum Gasteiger partial charge on any atom is -0.369 e. The highest BCUT2D eigenvalue weighted by Gasteiger charge is 2.51. The van der Waals surface area contributed by atoms with Gasteiger partial charge in [-0.05, 0) is 61.8 Å². The molecule has 0 bridgehead atoms. The summed E-state index contributed by atoms with van der Waals surface area (Å²) in [6, 6.07) is 17.0. The van der Waals surface area contributed by atoms with Gasteiger partial charge in [-0.1, -0.05) is 91.6 Å². The van der Waals surface area contributed by atoms with Gasteiger partial charge >= 0.3 is 0 Å². The van der Waals surface area contributed by atoms with Gasteiger partial charge in [-0.25, -0.2) is 4.99 Å². The molecule has 37 heavy (non-hydrogen) atoms. The van der Waals surface area contributed by atoms with Gasteiger partial charge in [0.05, 0.1) is 6.54 Å². The summed E-state index contributed by atoms with van der Waals surface area (Å²) in [5.41, 5.74) is 8.06. The molecular weight excluding hydrogens is 458 g/mol. The summed E-state index contributed by atoms with van der Waals surface area (Å²) in [7, 11) is 0. The van der Waals surface area contributed by atoms with Crippen molar-refractivity contribution in [3.63, 3.8) is 0 Å². The first kappa shape index (κ1) is 26.1. The zero-order valence-electron chi connectivity index (χ0n) is 21.5. The molecule has 0 radical (unpaired) electrons. The molecule has 1 aliphatic heterocycles. The zero-order chi connectivity index (χ0) is 26.3. The third kappa shape index (κ3) is 5.41. The van der Waals surface area contributed by atoms with Crippen molar-refractivity contribution < 1.29 is 9.59 Å². The van der Waals surface area contributed by atoms with E-state index in [1.807, 2.05) is 73.7 Å². The van der Waals surface area contributed by atoms with E-state index in [1.165, 1.54) is 4.90 Å². The van der Waals surface area contributed by atoms with Crippen LogP contribution in [0.15, 0.2) is 108 Å². The van der Waals surface area contributed by atoms with Gasteiger partial charge in [0.2, 0.25) is 0 Å². The van der Waals surface area contributed by atoms with Crippen LogP contribution in [0.1, 0.15) is 60.5 Å². The van der Waals surface area contributed by atoms with Gasteiger partial charge in [-0.3, -0.25) is 14.5 Å². The lowest BCUT2D eigenvalue weighted by Gasteiger charge is -2.28. The molecule has 2 aromatic carbocycles. The summed E-state index contributed by atoms with van der Waals surface area (Å²) in [6.45, 7) is 5.96. The Morgan fingerprint density at radius 1 is 1.14 bits per heavy atom. The average molecular weight is 494 g/mol. The van der Waals surface area contributed by atoms with E-state index in [1.54, 1.807) is 12.2 Å². The number of amides is 1. The standard InChI is InChI=1S/C32H35N3O2/c1-3-14-27(15-4-2)32(28-20-11-8-12-21-28)30(37)35(31(33)34-32)23-24-16-13-19-26(22-24)29(36)25-17-9-6-5-7-10-18-25/h3-6,8,11-16,19-22,25H,1,7,9-10,17-18,23H2,2H3,(H2,33,34)/b6-5-,15-4-,27-14+. The van der Waals surface area contributed by atoms with Crippen LogP contribution in [-0.2, 0) is 16.9 Å². The fourth-order valence-corrected chi connectivity index (χ4v) is 5.22. The first-order valence-electron chi connectivity index (χ1n) is 13.0. The van der Waals surface area contributed by atoms with E-state index in [9.17, 15) is 9.59 Å². The Kier molecular flexibility index (Phi) is 8.34. The maximum atomic E-state index is 14.1. The molecule has 4 rings (SSSR count). The molecular formula is C32H35N3O2. The highest BCUT2D eigenvalue weighted by Crippen LogP contribution is 2.41. The number of guanidine groups is 1. The quantitative estimate of drug-likeness (QED) is 0.268. The summed E-state index contributed by atoms with van der Waals surface area (Å²) in [5.74, 6) is 0.121. The smallest absolute Gasteiger partial charge is 0.266 e. The van der Waals surface area contributed by atoms with E-state index >= 15 is 0 Å². The van der Waals surface area contributed by atoms with Crippen molar-refractivity contribution in [3.8, 4) is 0 Å². The topological polar surface area (TPSA) is 75.8 Å². The second-order valence-electron chi connectivity index (χ2n) is 9.54. The molecule has 0 saturated heterocycles. The van der Waals surface area contributed by atoms with Gasteiger partial charge in [0.25, 0.3) is 5.91 Å². The number of carbonyl (C=O) groups is 2. The van der Waals surface area contributed by atoms with Crippen LogP contribution in [-0.4, -0.2) is 22.5 Å². The molecule has 2 N–H and O–H groups in total. The van der Waals surface area contributed by atoms with Crippen molar-refractivity contribution in [1.82, 2.24) is 4.90 Å². The minimum atomic E-state index is -1.30. The number of hydrogen-bond acceptors (Lipinski definition) is 4. The molecule has 2 atom stereocenters. The van der Waals surface area contributed by atoms with E-state index in [2.05, 4.69) is 18.7 Å². The molecule has 5 heteroatoms. The van der Waals surface area contributed by atoms with Crippen LogP contribution in [0.5, 0.6) is 0 Å². The van der Waals surface area contributed by atoms with E-state index in [4.69, 9.17) is 10.7 Å². The third-order valence-corrected chi connectivity index (χ3v) is 7.06. The lowest BCUT2D eigenvalue weighted by atomic mass is 9.81. The molecule has 1 heterocycles. The van der Waals surface area contributed by atoms with E-state index in [-0.39, 0.29) is 30.1 Å². The van der Waals surface area contributed by atoms with Crippen LogP contribution in [0.4, 0.5) is 0 Å². The van der Waals surface area contributed by atoms with Crippen molar-refractivity contribution >= 4 is 17.6 Å². The number of ketones is 1. The summed E-state index contributed by atoms with van der Waals surface area (Å²) in [6.07, 6.45) is 16.3. The molecule has 2 unspecified atom stereocenters. The van der Waals surface area contributed by atoms with Crippen molar-refractivity contribution in [2.75, 3.05) is 0 Å². The first-order chi connectivity index (χ1) is 18.0. The Hall–Kier alpha value is -3.99. The lowest BCUT2D eigenvalue weighted by molar-refractivity contribution is -0.130. The molecule has 2 aromatic rings. The fraction of sp³-hybridized carbons (Fsp3) is 0.281. The normalized spacial score (nSPS) is 23.4. The van der Waals surface area contributed by atoms with E-state index in [0.717, 1.165) is 43.2 Å². The Morgan fingerprint density at radius 2 is 1.92 bits per heavy atom. The summed E-state index contributed by atoms with van der Waals surface area (Å²) >= 11 is 0. The van der Waals surface area contributed by atoms with E-state index < -0.39 is 5.54 Å². The Bertz CT molecular complexity index is 1270. The van der Waals surface area contributed by atoms with Crippen LogP contribution in [0.2, 0.25) is 0 Å². The molecule has 0 saturated carbocycles. The van der Waals surface area contributed by atoms with Gasteiger partial charge in [0.15, 0.2) is 17.3 Å². The lowest BCUT2D eigenvalue weighted by Crippen LogP contribution is -2.43. The highest BCUT2D eigenvalue weighted by molar-refractivity contribution is 6.09. The molecule has 1 amide bonds. The maximum absolute atomic E-state index is 14.1. The fourth-order valence-electron chi connectivity index (χ4n) is 5.22. The number of nitrogens with two attached hydrogens (primary N) is 1. The number of carbonyl (C=O) groups excluding carboxylic acids is 2. The Morgan fingerprint density at radius 3 is 2.68 bits per heavy atom. The molecule has 0 spiro atoms. The molecule has 2 aliphatic rings. The van der Waals surface area contributed by atoms with Crippen molar-refractivity contribution in [3.05, 3.63) is 120 Å². The highest BCUT2D eigenvalue weighted by atomic mass is 16.2. The van der Waals surface area contributed by atoms with Gasteiger partial charge in [-0.2, -0.15) is 0 Å². The maximum Gasteiger partial charge on any atom is 0.266 e. The summed E-state index contributed by atoms with van der Waals surface area (Å²) in [4.78, 5) is 33.7. The van der Waals surface area contributed by atoms with Crippen LogP contribution >= 0.6 is 0 Å². The number of aliphatic imine (C=N–C) groups is 1. The number of rotatable bonds is 8. The SMILES string of the molecule is C=C/C=C(\C=C/C)C1(c2ccccc2)N=C(N)N(Cc2cccc(C(=O)C3CC/C=C\CCC3)c2)C1=O. The minimum absolute atomic E-state index is 0.0263.